The van der Waals surface area contributed by atoms with Crippen LogP contribution in [0.5, 0.6) is 0 Å². The largest absolute Gasteiger partial charge is 0.443 e. The first-order chi connectivity index (χ1) is 11.5. The highest BCUT2D eigenvalue weighted by molar-refractivity contribution is 8.00. The lowest BCUT2D eigenvalue weighted by atomic mass is 10.2. The second-order valence-corrected chi connectivity index (χ2v) is 8.60. The molecule has 142 valence electrons. The summed E-state index contributed by atoms with van der Waals surface area (Å²) in [5.41, 5.74) is 2.16. The van der Waals surface area contributed by atoms with Crippen molar-refractivity contribution in [2.75, 3.05) is 23.8 Å². The van der Waals surface area contributed by atoms with Crippen molar-refractivity contribution in [3.8, 4) is 0 Å². The van der Waals surface area contributed by atoms with E-state index in [2.05, 4.69) is 18.0 Å². The molecular formula is C17H26Cl2N2O2S2. The van der Waals surface area contributed by atoms with Crippen LogP contribution in [-0.4, -0.2) is 51.9 Å². The lowest BCUT2D eigenvalue weighted by Crippen LogP contribution is -2.32. The van der Waals surface area contributed by atoms with E-state index in [-0.39, 0.29) is 30.6 Å². The molecule has 0 aliphatic carbocycles. The van der Waals surface area contributed by atoms with Crippen LogP contribution in [0.4, 0.5) is 4.79 Å². The molecule has 0 saturated carbocycles. The number of thioether (sulfide) groups is 2. The van der Waals surface area contributed by atoms with Gasteiger partial charge in [-0.15, -0.1) is 35.8 Å². The average molecular weight is 425 g/mol. The van der Waals surface area contributed by atoms with Crippen molar-refractivity contribution in [3.63, 3.8) is 0 Å². The zero-order chi connectivity index (χ0) is 17.5. The van der Waals surface area contributed by atoms with E-state index in [0.29, 0.717) is 5.88 Å². The Hall–Kier alpha value is -0.300. The highest BCUT2D eigenvalue weighted by atomic mass is 35.5. The molecular weight excluding hydrogens is 399 g/mol. The quantitative estimate of drug-likeness (QED) is 0.317. The molecule has 1 unspecified atom stereocenters. The fourth-order valence-electron chi connectivity index (χ4n) is 2.46. The third-order valence-electron chi connectivity index (χ3n) is 3.91. The van der Waals surface area contributed by atoms with E-state index in [9.17, 15) is 4.79 Å². The summed E-state index contributed by atoms with van der Waals surface area (Å²) in [6.45, 7) is 6.84. The Kier molecular flexibility index (Phi) is 10.4. The van der Waals surface area contributed by atoms with Gasteiger partial charge in [-0.25, -0.2) is 4.79 Å². The van der Waals surface area contributed by atoms with Gasteiger partial charge in [0.1, 0.15) is 6.10 Å². The van der Waals surface area contributed by atoms with Crippen molar-refractivity contribution >= 4 is 53.6 Å². The van der Waals surface area contributed by atoms with E-state index in [4.69, 9.17) is 16.3 Å². The number of hydrogen-bond donors (Lipinski definition) is 0. The Balaban J connectivity index is 0.00000312. The van der Waals surface area contributed by atoms with Crippen LogP contribution in [0, 0.1) is 6.92 Å². The predicted octanol–water partition coefficient (Wildman–Crippen LogP) is 5.00. The van der Waals surface area contributed by atoms with Gasteiger partial charge < -0.3 is 9.64 Å². The average Bonchev–Trinajstić information content (AvgIpc) is 2.93. The lowest BCUT2D eigenvalue weighted by molar-refractivity contribution is 0.136. The Morgan fingerprint density at radius 1 is 1.44 bits per heavy atom. The maximum absolute atomic E-state index is 11.7. The minimum Gasteiger partial charge on any atom is -0.443 e. The SMILES string of the molecule is Cc1c(SCCCSCC2CN(C(C)C)C(=O)O2)ccnc1CCl.Cl. The van der Waals surface area contributed by atoms with Gasteiger partial charge in [0.15, 0.2) is 0 Å². The van der Waals surface area contributed by atoms with Crippen LogP contribution < -0.4 is 0 Å². The van der Waals surface area contributed by atoms with Gasteiger partial charge in [-0.1, -0.05) is 0 Å². The molecule has 1 aromatic heterocycles. The van der Waals surface area contributed by atoms with Crippen molar-refractivity contribution < 1.29 is 9.53 Å². The van der Waals surface area contributed by atoms with Crippen molar-refractivity contribution in [1.82, 2.24) is 9.88 Å². The second-order valence-electron chi connectivity index (χ2n) is 6.04. The molecule has 0 aromatic carbocycles. The maximum Gasteiger partial charge on any atom is 0.410 e. The number of carbonyl (C=O) groups is 1. The molecule has 1 aliphatic heterocycles. The fraction of sp³-hybridized carbons (Fsp3) is 0.647. The maximum atomic E-state index is 11.7. The topological polar surface area (TPSA) is 42.4 Å². The first-order valence-corrected chi connectivity index (χ1v) is 10.9. The number of rotatable bonds is 9. The highest BCUT2D eigenvalue weighted by Crippen LogP contribution is 2.26. The van der Waals surface area contributed by atoms with Crippen molar-refractivity contribution in [3.05, 3.63) is 23.5 Å². The molecule has 1 fully saturated rings. The molecule has 25 heavy (non-hydrogen) atoms. The molecule has 4 nitrogen and oxygen atoms in total. The number of pyridine rings is 1. The number of amides is 1. The van der Waals surface area contributed by atoms with Crippen molar-refractivity contribution in [2.45, 2.75) is 50.1 Å². The molecule has 1 aliphatic rings. The summed E-state index contributed by atoms with van der Waals surface area (Å²) in [6, 6.07) is 2.27. The number of cyclic esters (lactones) is 1. The number of aromatic nitrogens is 1. The van der Waals surface area contributed by atoms with Gasteiger partial charge in [0.25, 0.3) is 0 Å². The molecule has 8 heteroatoms. The molecule has 0 N–H and O–H groups in total. The van der Waals surface area contributed by atoms with Crippen LogP contribution in [0.15, 0.2) is 17.2 Å². The van der Waals surface area contributed by atoms with Crippen LogP contribution in [0.2, 0.25) is 0 Å². The third-order valence-corrected chi connectivity index (χ3v) is 6.59. The molecule has 0 bridgehead atoms. The highest BCUT2D eigenvalue weighted by Gasteiger charge is 2.32. The molecule has 0 radical (unpaired) electrons. The predicted molar refractivity (Wildman–Crippen MR) is 111 cm³/mol. The Morgan fingerprint density at radius 2 is 2.20 bits per heavy atom. The molecule has 1 saturated heterocycles. The summed E-state index contributed by atoms with van der Waals surface area (Å²) in [7, 11) is 0. The normalized spacial score (nSPS) is 16.9. The van der Waals surface area contributed by atoms with E-state index in [0.717, 1.165) is 35.9 Å². The molecule has 0 spiro atoms. The zero-order valence-electron chi connectivity index (χ0n) is 14.9. The van der Waals surface area contributed by atoms with Gasteiger partial charge >= 0.3 is 6.09 Å². The summed E-state index contributed by atoms with van der Waals surface area (Å²) in [5, 5.41) is 0. The van der Waals surface area contributed by atoms with E-state index >= 15 is 0 Å². The second kappa shape index (κ2) is 11.4. The van der Waals surface area contributed by atoms with Gasteiger partial charge in [-0.3, -0.25) is 4.98 Å². The minimum absolute atomic E-state index is 0. The summed E-state index contributed by atoms with van der Waals surface area (Å²) in [4.78, 5) is 19.0. The van der Waals surface area contributed by atoms with E-state index < -0.39 is 0 Å². The van der Waals surface area contributed by atoms with E-state index in [1.54, 1.807) is 4.90 Å². The summed E-state index contributed by atoms with van der Waals surface area (Å²) >= 11 is 9.62. The van der Waals surface area contributed by atoms with Gasteiger partial charge in [0, 0.05) is 22.9 Å². The smallest absolute Gasteiger partial charge is 0.410 e. The number of nitrogens with zero attached hydrogens (tertiary/aromatic N) is 2. The first kappa shape index (κ1) is 22.7. The number of alkyl halides is 1. The first-order valence-electron chi connectivity index (χ1n) is 8.21. The van der Waals surface area contributed by atoms with Crippen LogP contribution >= 0.6 is 47.5 Å². The van der Waals surface area contributed by atoms with Crippen LogP contribution in [-0.2, 0) is 10.6 Å². The number of hydrogen-bond acceptors (Lipinski definition) is 5. The lowest BCUT2D eigenvalue weighted by Gasteiger charge is -2.16. The molecule has 2 rings (SSSR count). The standard InChI is InChI=1S/C17H25ClN2O2S2.ClH/c1-12(2)20-10-14(22-17(20)21)11-23-7-4-8-24-16-5-6-19-15(9-18)13(16)3;/h5-6,12,14H,4,7-11H2,1-3H3;1H. The van der Waals surface area contributed by atoms with Gasteiger partial charge in [0.2, 0.25) is 0 Å². The van der Waals surface area contributed by atoms with Crippen LogP contribution in [0.3, 0.4) is 0 Å². The van der Waals surface area contributed by atoms with Crippen molar-refractivity contribution in [1.29, 1.82) is 0 Å². The molecule has 2 heterocycles. The Bertz CT molecular complexity index is 561. The van der Waals surface area contributed by atoms with Crippen LogP contribution in [0.1, 0.15) is 31.5 Å². The number of ether oxygens (including phenoxy) is 1. The molecule has 1 amide bonds. The van der Waals surface area contributed by atoms with Crippen molar-refractivity contribution in [2.24, 2.45) is 0 Å². The van der Waals surface area contributed by atoms with Gasteiger partial charge in [0.05, 0.1) is 18.1 Å². The molecule has 1 atom stereocenters. The van der Waals surface area contributed by atoms with E-state index in [1.807, 2.05) is 43.6 Å². The third kappa shape index (κ3) is 6.74. The number of carbonyl (C=O) groups excluding carboxylic acids is 1. The van der Waals surface area contributed by atoms with Gasteiger partial charge in [-0.2, -0.15) is 11.8 Å². The number of halogens is 2. The summed E-state index contributed by atoms with van der Waals surface area (Å²) in [6.07, 6.45) is 2.82. The molecule has 1 aromatic rings. The minimum atomic E-state index is -0.172. The van der Waals surface area contributed by atoms with E-state index in [1.165, 1.54) is 10.5 Å². The van der Waals surface area contributed by atoms with Gasteiger partial charge in [-0.05, 0) is 50.3 Å². The monoisotopic (exact) mass is 424 g/mol. The summed E-state index contributed by atoms with van der Waals surface area (Å²) < 4.78 is 5.39. The Morgan fingerprint density at radius 3 is 2.84 bits per heavy atom. The fourth-order valence-corrected chi connectivity index (χ4v) is 4.86. The summed E-state index contributed by atoms with van der Waals surface area (Å²) in [5.74, 6) is 3.49. The van der Waals surface area contributed by atoms with Crippen LogP contribution in [0.25, 0.3) is 0 Å². The zero-order valence-corrected chi connectivity index (χ0v) is 18.1. The Labute approximate surface area is 170 Å².